The highest BCUT2D eigenvalue weighted by Crippen LogP contribution is 2.42. The predicted molar refractivity (Wildman–Crippen MR) is 432 cm³/mol. The first-order valence-electron chi connectivity index (χ1n) is 38.0. The number of carbonyl (C=O) groups excluding carboxylic acids is 6. The number of anilines is 3. The summed E-state index contributed by atoms with van der Waals surface area (Å²) in [5.74, 6) is -0.259. The maximum Gasteiger partial charge on any atom is 0.345 e. The number of para-hydroxylation sites is 1. The average molecular weight is 1580 g/mol. The Labute approximate surface area is 663 Å². The van der Waals surface area contributed by atoms with Crippen LogP contribution in [0.4, 0.5) is 21.5 Å². The van der Waals surface area contributed by atoms with Gasteiger partial charge in [0.05, 0.1) is 87.0 Å². The van der Waals surface area contributed by atoms with E-state index >= 15 is 0 Å². The summed E-state index contributed by atoms with van der Waals surface area (Å²) in [6.07, 6.45) is 4.93. The number of nitrogens with zero attached hydrogens (tertiary/aromatic N) is 12. The molecule has 0 aliphatic carbocycles. The molecule has 3 amide bonds. The Hall–Kier alpha value is -10.3. The lowest BCUT2D eigenvalue weighted by Crippen LogP contribution is -2.49. The van der Waals surface area contributed by atoms with Crippen LogP contribution in [0.2, 0.25) is 10.0 Å². The molecule has 5 aromatic carbocycles. The summed E-state index contributed by atoms with van der Waals surface area (Å²) in [5.41, 5.74) is 6.05. The highest BCUT2D eigenvalue weighted by Gasteiger charge is 2.36. The van der Waals surface area contributed by atoms with Crippen molar-refractivity contribution in [2.75, 3.05) is 209 Å². The van der Waals surface area contributed by atoms with E-state index in [0.29, 0.717) is 171 Å². The minimum atomic E-state index is -0.524. The van der Waals surface area contributed by atoms with Gasteiger partial charge < -0.3 is 82.0 Å². The topological polar surface area (TPSA) is 244 Å². The first kappa shape index (κ1) is 84.1. The van der Waals surface area contributed by atoms with Crippen LogP contribution in [0, 0.1) is 5.82 Å². The molecule has 598 valence electrons. The Morgan fingerprint density at radius 3 is 1.17 bits per heavy atom. The van der Waals surface area contributed by atoms with Crippen molar-refractivity contribution in [2.24, 2.45) is 0 Å². The molecule has 7 heterocycles. The fourth-order valence-corrected chi connectivity index (χ4v) is 13.8. The van der Waals surface area contributed by atoms with Gasteiger partial charge in [0.2, 0.25) is 17.6 Å². The largest absolute Gasteiger partial charge is 0.497 e. The summed E-state index contributed by atoms with van der Waals surface area (Å²) in [6.45, 7) is 16.2. The van der Waals surface area contributed by atoms with Crippen molar-refractivity contribution < 1.29 is 71.1 Å². The summed E-state index contributed by atoms with van der Waals surface area (Å²) >= 11 is 12.7. The molecule has 3 aromatic heterocycles. The number of aromatic nitrogens is 3. The summed E-state index contributed by atoms with van der Waals surface area (Å²) < 4.78 is 58.5. The zero-order valence-electron chi connectivity index (χ0n) is 65.6. The van der Waals surface area contributed by atoms with Gasteiger partial charge in [0, 0.05) is 142 Å². The number of hydrogen-bond donors (Lipinski definition) is 0. The minimum absolute atomic E-state index is 0.0255. The van der Waals surface area contributed by atoms with Crippen LogP contribution in [-0.4, -0.2) is 274 Å². The highest BCUT2D eigenvalue weighted by atomic mass is 35.5. The van der Waals surface area contributed by atoms with E-state index in [0.717, 1.165) is 67.3 Å². The number of methoxy groups -OCH3 is 1. The molecular weight excluding hydrogens is 1480 g/mol. The van der Waals surface area contributed by atoms with E-state index in [2.05, 4.69) is 34.5 Å². The van der Waals surface area contributed by atoms with E-state index in [9.17, 15) is 33.2 Å². The molecule has 26 nitrogen and oxygen atoms in total. The fraction of sp³-hybridized carbons (Fsp3) is 0.434. The van der Waals surface area contributed by atoms with E-state index in [-0.39, 0.29) is 72.1 Å². The zero-order valence-corrected chi connectivity index (χ0v) is 67.1. The number of benzene rings is 5. The maximum absolute atomic E-state index is 13.3. The molecule has 0 radical (unpaired) electrons. The lowest BCUT2D eigenvalue weighted by Gasteiger charge is -2.37. The monoisotopic (exact) mass is 1580 g/mol. The number of hydrogen-bond acceptors (Lipinski definition) is 23. The molecule has 4 aliphatic rings. The Kier molecular flexibility index (Phi) is 30.6. The predicted octanol–water partition coefficient (Wildman–Crippen LogP) is 11.6. The van der Waals surface area contributed by atoms with Crippen molar-refractivity contribution in [2.45, 2.75) is 46.5 Å². The van der Waals surface area contributed by atoms with Gasteiger partial charge in [-0.05, 0) is 179 Å². The minimum Gasteiger partial charge on any atom is -0.497 e. The second kappa shape index (κ2) is 40.8. The Morgan fingerprint density at radius 1 is 0.455 bits per heavy atom. The summed E-state index contributed by atoms with van der Waals surface area (Å²) in [5, 5.41) is 3.36. The van der Waals surface area contributed by atoms with Crippen molar-refractivity contribution in [3.05, 3.63) is 165 Å². The first-order chi connectivity index (χ1) is 54.1. The number of halogens is 3. The van der Waals surface area contributed by atoms with Gasteiger partial charge in [-0.25, -0.2) is 33.7 Å². The average Bonchev–Trinajstić information content (AvgIpc) is 0.804. The van der Waals surface area contributed by atoms with E-state index < -0.39 is 17.9 Å². The molecule has 0 bridgehead atoms. The normalized spacial score (nSPS) is 14.3. The SMILES string of the molecule is CCOC(=O)c1c(OCCCN(C)C)nc2ccc(Cl)cc2c1N1CCN(C(=O)C2=CCCO2)CC1.CCOC(=O)c1c(OCCCN(C)C)nc2ccc(Cl)cc2c1N1CCN(C(=O)c2ccc(F)cc2)CC1.CCOC(=O)c1c(OCCCN(C)C)nc2ccccc2c1N1CCN(C(=O)c2ccc(OC)cc2)CC1. The number of esters is 3. The number of piperazine rings is 3. The van der Waals surface area contributed by atoms with Gasteiger partial charge in [-0.1, -0.05) is 41.4 Å². The van der Waals surface area contributed by atoms with Crippen LogP contribution in [0.15, 0.2) is 121 Å². The van der Waals surface area contributed by atoms with Crippen molar-refractivity contribution >= 4 is 109 Å². The standard InChI is InChI=1S/C29H36N4O5.C28H32ClFN4O4.C26H33ClN4O5/c1-5-37-29(35)25-26(23-9-6-7-10-24(23)30-27(25)38-20-8-15-31(2)3)32-16-18-33(19-17-32)28(34)21-11-13-22(36-4)14-12-21;1-4-37-28(36)24-25(33-13-15-34(16-14-33)27(35)19-6-9-21(30)10-7-19)22-18-20(29)8-11-23(22)31-26(24)38-17-5-12-32(2)3;1-4-34-26(33)22-23(30-11-13-31(14-12-30)25(32)21-7-5-15-35-21)19-17-18(27)8-9-20(19)28-24(22)36-16-6-10-29(2)3/h6-7,9-14H,5,8,15-20H2,1-4H3;6-11,18H,4-5,12-17H2,1-3H3;7-9,17H,4-6,10-16H2,1-3H3. The highest BCUT2D eigenvalue weighted by molar-refractivity contribution is 6.32. The summed E-state index contributed by atoms with van der Waals surface area (Å²) in [6, 6.07) is 31.2. The van der Waals surface area contributed by atoms with Crippen molar-refractivity contribution in [1.29, 1.82) is 0 Å². The molecule has 0 N–H and O–H groups in total. The number of rotatable bonds is 28. The van der Waals surface area contributed by atoms with E-state index in [4.69, 9.17) is 66.1 Å². The van der Waals surface area contributed by atoms with E-state index in [1.54, 1.807) is 86.2 Å². The third kappa shape index (κ3) is 21.7. The Bertz CT molecular complexity index is 4610. The molecule has 0 atom stereocenters. The quantitative estimate of drug-likeness (QED) is 0.0251. The molecule has 0 spiro atoms. The van der Waals surface area contributed by atoms with Gasteiger partial charge in [-0.15, -0.1) is 0 Å². The van der Waals surface area contributed by atoms with Crippen LogP contribution in [0.1, 0.15) is 98.2 Å². The number of amides is 3. The van der Waals surface area contributed by atoms with Gasteiger partial charge >= 0.3 is 17.9 Å². The second-order valence-electron chi connectivity index (χ2n) is 27.7. The van der Waals surface area contributed by atoms with Gasteiger partial charge in [0.15, 0.2) is 5.76 Å². The van der Waals surface area contributed by atoms with Gasteiger partial charge in [-0.2, -0.15) is 0 Å². The maximum atomic E-state index is 13.3. The third-order valence-corrected chi connectivity index (χ3v) is 19.5. The lowest BCUT2D eigenvalue weighted by atomic mass is 10.1. The molecule has 3 fully saturated rings. The number of fused-ring (bicyclic) bond motifs is 3. The van der Waals surface area contributed by atoms with Crippen LogP contribution in [0.3, 0.4) is 0 Å². The van der Waals surface area contributed by atoms with E-state index in [1.807, 2.05) is 94.6 Å². The van der Waals surface area contributed by atoms with Crippen molar-refractivity contribution in [3.63, 3.8) is 0 Å². The molecular formula is C83H101Cl2FN12O14. The summed E-state index contributed by atoms with van der Waals surface area (Å²) in [4.78, 5) is 111. The van der Waals surface area contributed by atoms with E-state index in [1.165, 1.54) is 24.3 Å². The number of pyridine rings is 3. The van der Waals surface area contributed by atoms with Crippen LogP contribution < -0.4 is 33.6 Å². The number of carbonyl (C=O) groups is 6. The van der Waals surface area contributed by atoms with Crippen LogP contribution in [-0.2, 0) is 23.7 Å². The molecule has 29 heteroatoms. The van der Waals surface area contributed by atoms with Gasteiger partial charge in [0.25, 0.3) is 17.7 Å². The molecule has 0 saturated carbocycles. The summed E-state index contributed by atoms with van der Waals surface area (Å²) in [7, 11) is 13.6. The lowest BCUT2D eigenvalue weighted by molar-refractivity contribution is -0.130. The molecule has 3 saturated heterocycles. The molecule has 0 unspecified atom stereocenters. The number of ether oxygens (including phenoxy) is 8. The molecule has 112 heavy (non-hydrogen) atoms. The first-order valence-corrected chi connectivity index (χ1v) is 38.7. The van der Waals surface area contributed by atoms with Crippen molar-refractivity contribution in [1.82, 2.24) is 44.4 Å². The van der Waals surface area contributed by atoms with Gasteiger partial charge in [0.1, 0.15) is 28.3 Å². The van der Waals surface area contributed by atoms with Crippen LogP contribution in [0.5, 0.6) is 23.4 Å². The molecule has 4 aliphatic heterocycles. The van der Waals surface area contributed by atoms with Crippen LogP contribution >= 0.6 is 23.2 Å². The van der Waals surface area contributed by atoms with Gasteiger partial charge in [-0.3, -0.25) is 14.4 Å². The molecule has 8 aromatic rings. The molecule has 12 rings (SSSR count). The van der Waals surface area contributed by atoms with Crippen LogP contribution in [0.25, 0.3) is 32.7 Å². The Balaban J connectivity index is 0.000000178. The zero-order chi connectivity index (χ0) is 80.0. The Morgan fingerprint density at radius 2 is 0.812 bits per heavy atom. The third-order valence-electron chi connectivity index (χ3n) is 19.0. The smallest absolute Gasteiger partial charge is 0.345 e. The van der Waals surface area contributed by atoms with Crippen molar-refractivity contribution in [3.8, 4) is 23.4 Å². The second-order valence-corrected chi connectivity index (χ2v) is 28.6. The fourth-order valence-electron chi connectivity index (χ4n) is 13.5.